The summed E-state index contributed by atoms with van der Waals surface area (Å²) >= 11 is 2.25. The lowest BCUT2D eigenvalue weighted by molar-refractivity contribution is 0.0689. The molecule has 0 radical (unpaired) electrons. The van der Waals surface area contributed by atoms with Crippen LogP contribution in [-0.4, -0.2) is 21.3 Å². The maximum atomic E-state index is 10.6. The van der Waals surface area contributed by atoms with Crippen molar-refractivity contribution in [3.8, 4) is 0 Å². The van der Waals surface area contributed by atoms with Crippen LogP contribution in [0, 0.1) is 10.5 Å². The first-order valence-electron chi connectivity index (χ1n) is 5.16. The van der Waals surface area contributed by atoms with Gasteiger partial charge in [0.2, 0.25) is 0 Å². The summed E-state index contributed by atoms with van der Waals surface area (Å²) in [7, 11) is 0. The zero-order chi connectivity index (χ0) is 13.1. The van der Waals surface area contributed by atoms with Crippen molar-refractivity contribution in [3.63, 3.8) is 0 Å². The van der Waals surface area contributed by atoms with E-state index in [9.17, 15) is 4.79 Å². The summed E-state index contributed by atoms with van der Waals surface area (Å²) in [6, 6.07) is 8.93. The molecule has 1 aromatic carbocycles. The number of carbonyl (C=O) groups is 1. The summed E-state index contributed by atoms with van der Waals surface area (Å²) in [6.45, 7) is 2.03. The largest absolute Gasteiger partial charge is 0.476 e. The highest BCUT2D eigenvalue weighted by Gasteiger charge is 2.05. The Morgan fingerprint density at radius 1 is 1.28 bits per heavy atom. The van der Waals surface area contributed by atoms with Gasteiger partial charge in [0.05, 0.1) is 0 Å². The Balaban J connectivity index is 2.18. The van der Waals surface area contributed by atoms with Crippen LogP contribution in [0.2, 0.25) is 0 Å². The standard InChI is InChI=1S/C12H10IN3O2/c1-7-2-3-8(6-9(7)13)14-11-5-4-10(12(17)18)15-16-11/h2-6H,1H3,(H,14,16)(H,17,18). The molecule has 92 valence electrons. The quantitative estimate of drug-likeness (QED) is 0.829. The van der Waals surface area contributed by atoms with Gasteiger partial charge in [-0.15, -0.1) is 10.2 Å². The van der Waals surface area contributed by atoms with Gasteiger partial charge in [0.25, 0.3) is 0 Å². The highest BCUT2D eigenvalue weighted by Crippen LogP contribution is 2.19. The molecule has 0 amide bonds. The van der Waals surface area contributed by atoms with Crippen molar-refractivity contribution in [1.29, 1.82) is 0 Å². The summed E-state index contributed by atoms with van der Waals surface area (Å²) < 4.78 is 1.15. The van der Waals surface area contributed by atoms with Crippen molar-refractivity contribution >= 4 is 40.1 Å². The Morgan fingerprint density at radius 3 is 2.61 bits per heavy atom. The number of halogens is 1. The summed E-state index contributed by atoms with van der Waals surface area (Å²) in [4.78, 5) is 10.6. The van der Waals surface area contributed by atoms with E-state index in [1.165, 1.54) is 11.6 Å². The molecule has 5 nitrogen and oxygen atoms in total. The number of carboxylic acids is 1. The van der Waals surface area contributed by atoms with Crippen LogP contribution < -0.4 is 5.32 Å². The van der Waals surface area contributed by atoms with E-state index in [1.54, 1.807) is 6.07 Å². The van der Waals surface area contributed by atoms with Crippen LogP contribution >= 0.6 is 22.6 Å². The summed E-state index contributed by atoms with van der Waals surface area (Å²) in [5.74, 6) is -0.571. The fourth-order valence-electron chi connectivity index (χ4n) is 1.33. The molecule has 6 heteroatoms. The van der Waals surface area contributed by atoms with Gasteiger partial charge >= 0.3 is 5.97 Å². The number of anilines is 2. The predicted octanol–water partition coefficient (Wildman–Crippen LogP) is 2.83. The number of hydrogen-bond donors (Lipinski definition) is 2. The molecule has 1 aromatic heterocycles. The summed E-state index contributed by atoms with van der Waals surface area (Å²) in [5, 5.41) is 19.2. The summed E-state index contributed by atoms with van der Waals surface area (Å²) in [6.07, 6.45) is 0. The number of carboxylic acid groups (broad SMARTS) is 1. The Morgan fingerprint density at radius 2 is 2.06 bits per heavy atom. The molecular weight excluding hydrogens is 345 g/mol. The van der Waals surface area contributed by atoms with Crippen molar-refractivity contribution in [2.75, 3.05) is 5.32 Å². The second kappa shape index (κ2) is 5.30. The van der Waals surface area contributed by atoms with E-state index in [4.69, 9.17) is 5.11 Å². The number of nitrogens with one attached hydrogen (secondary N) is 1. The molecule has 0 atom stereocenters. The van der Waals surface area contributed by atoms with Gasteiger partial charge in [-0.05, 0) is 59.3 Å². The molecule has 0 bridgehead atoms. The minimum absolute atomic E-state index is 0.0703. The fourth-order valence-corrected chi connectivity index (χ4v) is 1.85. The van der Waals surface area contributed by atoms with E-state index in [-0.39, 0.29) is 5.69 Å². The second-order valence-electron chi connectivity index (χ2n) is 3.70. The SMILES string of the molecule is Cc1ccc(Nc2ccc(C(=O)O)nn2)cc1I. The molecule has 0 unspecified atom stereocenters. The number of rotatable bonds is 3. The van der Waals surface area contributed by atoms with Gasteiger partial charge in [0, 0.05) is 9.26 Å². The predicted molar refractivity (Wildman–Crippen MR) is 76.2 cm³/mol. The van der Waals surface area contributed by atoms with Crippen LogP contribution in [0.3, 0.4) is 0 Å². The van der Waals surface area contributed by atoms with Crippen LogP contribution in [0.5, 0.6) is 0 Å². The molecule has 2 aromatic rings. The molecule has 0 saturated carbocycles. The monoisotopic (exact) mass is 355 g/mol. The van der Waals surface area contributed by atoms with Crippen molar-refractivity contribution < 1.29 is 9.90 Å². The Labute approximate surface area is 117 Å². The van der Waals surface area contributed by atoms with Gasteiger partial charge in [0.1, 0.15) is 0 Å². The van der Waals surface area contributed by atoms with Gasteiger partial charge in [-0.1, -0.05) is 6.07 Å². The van der Waals surface area contributed by atoms with Crippen LogP contribution in [-0.2, 0) is 0 Å². The molecule has 0 saturated heterocycles. The van der Waals surface area contributed by atoms with E-state index in [0.29, 0.717) is 5.82 Å². The normalized spacial score (nSPS) is 10.1. The van der Waals surface area contributed by atoms with Crippen molar-refractivity contribution in [2.24, 2.45) is 0 Å². The molecule has 2 N–H and O–H groups in total. The van der Waals surface area contributed by atoms with Crippen LogP contribution in [0.1, 0.15) is 16.1 Å². The Hall–Kier alpha value is -1.70. The van der Waals surface area contributed by atoms with Gasteiger partial charge in [0.15, 0.2) is 11.5 Å². The van der Waals surface area contributed by atoms with E-state index in [1.807, 2.05) is 25.1 Å². The van der Waals surface area contributed by atoms with E-state index in [2.05, 4.69) is 38.1 Å². The number of hydrogen-bond acceptors (Lipinski definition) is 4. The molecule has 0 aliphatic rings. The third-order valence-corrected chi connectivity index (χ3v) is 3.49. The van der Waals surface area contributed by atoms with Crippen molar-refractivity contribution in [3.05, 3.63) is 45.2 Å². The van der Waals surface area contributed by atoms with Crippen molar-refractivity contribution in [2.45, 2.75) is 6.92 Å². The third kappa shape index (κ3) is 2.95. The topological polar surface area (TPSA) is 75.1 Å². The van der Waals surface area contributed by atoms with Gasteiger partial charge < -0.3 is 10.4 Å². The number of aromatic carboxylic acids is 1. The minimum atomic E-state index is -1.08. The fraction of sp³-hybridized carbons (Fsp3) is 0.0833. The van der Waals surface area contributed by atoms with Gasteiger partial charge in [-0.2, -0.15) is 0 Å². The molecule has 1 heterocycles. The first-order valence-corrected chi connectivity index (χ1v) is 6.24. The second-order valence-corrected chi connectivity index (χ2v) is 4.86. The minimum Gasteiger partial charge on any atom is -0.476 e. The molecular formula is C12H10IN3O2. The zero-order valence-electron chi connectivity index (χ0n) is 9.51. The average Bonchev–Trinajstić information content (AvgIpc) is 2.34. The lowest BCUT2D eigenvalue weighted by Gasteiger charge is -2.06. The van der Waals surface area contributed by atoms with E-state index in [0.717, 1.165) is 9.26 Å². The molecule has 0 fully saturated rings. The number of nitrogens with zero attached hydrogens (tertiary/aromatic N) is 2. The zero-order valence-corrected chi connectivity index (χ0v) is 11.7. The Bertz CT molecular complexity index is 584. The average molecular weight is 355 g/mol. The molecule has 0 spiro atoms. The Kier molecular flexibility index (Phi) is 3.75. The van der Waals surface area contributed by atoms with E-state index >= 15 is 0 Å². The smallest absolute Gasteiger partial charge is 0.356 e. The van der Waals surface area contributed by atoms with Gasteiger partial charge in [-0.3, -0.25) is 0 Å². The molecule has 2 rings (SSSR count). The van der Waals surface area contributed by atoms with E-state index < -0.39 is 5.97 Å². The first-order chi connectivity index (χ1) is 8.56. The summed E-state index contributed by atoms with van der Waals surface area (Å²) in [5.41, 5.74) is 2.02. The highest BCUT2D eigenvalue weighted by molar-refractivity contribution is 14.1. The lowest BCUT2D eigenvalue weighted by atomic mass is 10.2. The highest BCUT2D eigenvalue weighted by atomic mass is 127. The maximum Gasteiger partial charge on any atom is 0.356 e. The third-order valence-electron chi connectivity index (χ3n) is 2.33. The molecule has 0 aliphatic heterocycles. The lowest BCUT2D eigenvalue weighted by Crippen LogP contribution is -2.03. The van der Waals surface area contributed by atoms with Crippen LogP contribution in [0.25, 0.3) is 0 Å². The van der Waals surface area contributed by atoms with Gasteiger partial charge in [-0.25, -0.2) is 4.79 Å². The number of aryl methyl sites for hydroxylation is 1. The number of benzene rings is 1. The number of aromatic nitrogens is 2. The van der Waals surface area contributed by atoms with Crippen LogP contribution in [0.4, 0.5) is 11.5 Å². The van der Waals surface area contributed by atoms with Crippen molar-refractivity contribution in [1.82, 2.24) is 10.2 Å². The maximum absolute atomic E-state index is 10.6. The molecule has 0 aliphatic carbocycles. The van der Waals surface area contributed by atoms with Crippen LogP contribution in [0.15, 0.2) is 30.3 Å². The first kappa shape index (κ1) is 12.7. The molecule has 18 heavy (non-hydrogen) atoms.